The SMILES string of the molecule is O=C(OCCC(F)(F)C(F)C(F)(F)F)OCCC(F)(F)C(F)C(F)(F)F. The fourth-order valence-corrected chi connectivity index (χ4v) is 1.31. The maximum absolute atomic E-state index is 12.8. The number of ether oxygens (including phenoxy) is 2. The highest BCUT2D eigenvalue weighted by Crippen LogP contribution is 2.38. The van der Waals surface area contributed by atoms with Crippen LogP contribution >= 0.6 is 0 Å². The number of alkyl halides is 12. The molecule has 2 atom stereocenters. The monoisotopic (exact) mass is 418 g/mol. The summed E-state index contributed by atoms with van der Waals surface area (Å²) in [4.78, 5) is 10.8. The average Bonchev–Trinajstić information content (AvgIpc) is 2.43. The lowest BCUT2D eigenvalue weighted by Gasteiger charge is -2.23. The molecule has 0 aromatic rings. The zero-order valence-electron chi connectivity index (χ0n) is 12.2. The first-order valence-electron chi connectivity index (χ1n) is 6.38. The van der Waals surface area contributed by atoms with Crippen molar-refractivity contribution in [2.75, 3.05) is 13.2 Å². The van der Waals surface area contributed by atoms with Gasteiger partial charge in [-0.1, -0.05) is 0 Å². The molecule has 2 unspecified atom stereocenters. The Morgan fingerprint density at radius 3 is 1.15 bits per heavy atom. The summed E-state index contributed by atoms with van der Waals surface area (Å²) in [6.07, 6.45) is -26.8. The van der Waals surface area contributed by atoms with Crippen LogP contribution in [0.3, 0.4) is 0 Å². The summed E-state index contributed by atoms with van der Waals surface area (Å²) in [5.41, 5.74) is 0. The fourth-order valence-electron chi connectivity index (χ4n) is 1.31. The second-order valence-electron chi connectivity index (χ2n) is 4.78. The summed E-state index contributed by atoms with van der Waals surface area (Å²) in [7, 11) is 0. The van der Waals surface area contributed by atoms with Gasteiger partial charge < -0.3 is 9.47 Å². The van der Waals surface area contributed by atoms with Crippen molar-refractivity contribution in [3.63, 3.8) is 0 Å². The predicted octanol–water partition coefficient (Wildman–Crippen LogP) is 4.99. The third-order valence-corrected chi connectivity index (χ3v) is 2.63. The summed E-state index contributed by atoms with van der Waals surface area (Å²) in [5.74, 6) is -9.95. The van der Waals surface area contributed by atoms with Gasteiger partial charge in [0.25, 0.3) is 24.2 Å². The van der Waals surface area contributed by atoms with Crippen LogP contribution < -0.4 is 0 Å². The Kier molecular flexibility index (Phi) is 7.91. The van der Waals surface area contributed by atoms with Crippen molar-refractivity contribution in [2.45, 2.75) is 49.4 Å². The third kappa shape index (κ3) is 7.76. The van der Waals surface area contributed by atoms with Crippen LogP contribution in [0.1, 0.15) is 12.8 Å². The maximum Gasteiger partial charge on any atom is 0.508 e. The van der Waals surface area contributed by atoms with Crippen LogP contribution in [0.2, 0.25) is 0 Å². The number of halogens is 12. The Morgan fingerprint density at radius 2 is 0.923 bits per heavy atom. The Balaban J connectivity index is 4.30. The summed E-state index contributed by atoms with van der Waals surface area (Å²) in [5, 5.41) is 0. The molecule has 0 aromatic carbocycles. The molecular weight excluding hydrogens is 408 g/mol. The van der Waals surface area contributed by atoms with E-state index in [1.54, 1.807) is 0 Å². The van der Waals surface area contributed by atoms with E-state index in [0.29, 0.717) is 0 Å². The highest BCUT2D eigenvalue weighted by molar-refractivity contribution is 5.59. The summed E-state index contributed by atoms with van der Waals surface area (Å²) in [6, 6.07) is 0. The van der Waals surface area contributed by atoms with Crippen LogP contribution in [-0.2, 0) is 9.47 Å². The van der Waals surface area contributed by atoms with E-state index >= 15 is 0 Å². The van der Waals surface area contributed by atoms with Gasteiger partial charge in [-0.05, 0) is 0 Å². The highest BCUT2D eigenvalue weighted by Gasteiger charge is 2.57. The minimum absolute atomic E-state index is 1.52. The molecule has 3 nitrogen and oxygen atoms in total. The molecule has 26 heavy (non-hydrogen) atoms. The van der Waals surface area contributed by atoms with E-state index in [-0.39, 0.29) is 0 Å². The lowest BCUT2D eigenvalue weighted by atomic mass is 10.1. The van der Waals surface area contributed by atoms with E-state index in [4.69, 9.17) is 0 Å². The van der Waals surface area contributed by atoms with Gasteiger partial charge in [-0.25, -0.2) is 31.1 Å². The van der Waals surface area contributed by atoms with E-state index in [2.05, 4.69) is 9.47 Å². The quantitative estimate of drug-likeness (QED) is 0.412. The van der Waals surface area contributed by atoms with Crippen LogP contribution in [0.15, 0.2) is 0 Å². The molecule has 0 aromatic heterocycles. The van der Waals surface area contributed by atoms with Crippen LogP contribution in [0, 0.1) is 0 Å². The molecule has 0 fully saturated rings. The van der Waals surface area contributed by atoms with Crippen LogP contribution in [0.25, 0.3) is 0 Å². The normalized spacial score (nSPS) is 16.2. The van der Waals surface area contributed by atoms with Gasteiger partial charge in [-0.15, -0.1) is 0 Å². The average molecular weight is 418 g/mol. The van der Waals surface area contributed by atoms with Gasteiger partial charge in [0.15, 0.2) is 0 Å². The van der Waals surface area contributed by atoms with E-state index in [1.165, 1.54) is 0 Å². The van der Waals surface area contributed by atoms with Crippen molar-refractivity contribution in [3.8, 4) is 0 Å². The first-order chi connectivity index (χ1) is 11.4. The van der Waals surface area contributed by atoms with E-state index in [1.807, 2.05) is 0 Å². The highest BCUT2D eigenvalue weighted by atomic mass is 19.4. The summed E-state index contributed by atoms with van der Waals surface area (Å²) < 4.78 is 154. The first-order valence-corrected chi connectivity index (χ1v) is 6.38. The summed E-state index contributed by atoms with van der Waals surface area (Å²) in [6.45, 7) is -3.04. The van der Waals surface area contributed by atoms with Crippen LogP contribution in [-0.4, -0.2) is 55.9 Å². The van der Waals surface area contributed by atoms with Gasteiger partial charge in [-0.3, -0.25) is 0 Å². The standard InChI is InChI=1S/C11H10F12O3/c12-5(10(18,19)20)8(14,15)1-3-25-7(24)26-4-2-9(16,17)6(13)11(21,22)23/h5-6H,1-4H2. The van der Waals surface area contributed by atoms with Gasteiger partial charge in [0.1, 0.15) is 13.2 Å². The largest absolute Gasteiger partial charge is 0.508 e. The molecule has 0 radical (unpaired) electrons. The number of hydrogen-bond donors (Lipinski definition) is 0. The zero-order chi connectivity index (χ0) is 21.0. The molecule has 15 heteroatoms. The molecule has 0 aliphatic heterocycles. The van der Waals surface area contributed by atoms with E-state index in [9.17, 15) is 57.5 Å². The second-order valence-corrected chi connectivity index (χ2v) is 4.78. The Bertz CT molecular complexity index is 418. The first kappa shape index (κ1) is 24.4. The maximum atomic E-state index is 12.8. The Morgan fingerprint density at radius 1 is 0.654 bits per heavy atom. The smallest absolute Gasteiger partial charge is 0.434 e. The molecule has 0 saturated heterocycles. The van der Waals surface area contributed by atoms with Gasteiger partial charge in [0, 0.05) is 12.8 Å². The second kappa shape index (κ2) is 8.41. The number of rotatable bonds is 8. The number of carbonyl (C=O) groups is 1. The number of carbonyl (C=O) groups excluding carboxylic acids is 1. The minimum Gasteiger partial charge on any atom is -0.434 e. The third-order valence-electron chi connectivity index (χ3n) is 2.63. The molecule has 156 valence electrons. The molecule has 0 aliphatic rings. The molecule has 0 heterocycles. The lowest BCUT2D eigenvalue weighted by Crippen LogP contribution is -2.42. The molecule has 0 aliphatic carbocycles. The zero-order valence-corrected chi connectivity index (χ0v) is 12.2. The molecular formula is C11H10F12O3. The van der Waals surface area contributed by atoms with Crippen LogP contribution in [0.5, 0.6) is 0 Å². The summed E-state index contributed by atoms with van der Waals surface area (Å²) >= 11 is 0. The van der Waals surface area contributed by atoms with Gasteiger partial charge in [-0.2, -0.15) is 26.3 Å². The minimum atomic E-state index is -5.89. The number of hydrogen-bond acceptors (Lipinski definition) is 3. The molecule has 0 spiro atoms. The molecule has 0 amide bonds. The van der Waals surface area contributed by atoms with Crippen LogP contribution in [0.4, 0.5) is 57.5 Å². The van der Waals surface area contributed by atoms with Crippen molar-refractivity contribution in [2.24, 2.45) is 0 Å². The molecule has 0 bridgehead atoms. The Hall–Kier alpha value is -1.57. The van der Waals surface area contributed by atoms with Gasteiger partial charge in [0.2, 0.25) is 0 Å². The molecule has 0 N–H and O–H groups in total. The van der Waals surface area contributed by atoms with E-state index < -0.39 is 68.8 Å². The molecule has 0 saturated carbocycles. The Labute approximate surface area is 137 Å². The van der Waals surface area contributed by atoms with Gasteiger partial charge >= 0.3 is 18.5 Å². The van der Waals surface area contributed by atoms with E-state index in [0.717, 1.165) is 0 Å². The van der Waals surface area contributed by atoms with Crippen molar-refractivity contribution in [1.29, 1.82) is 0 Å². The molecule has 0 rings (SSSR count). The van der Waals surface area contributed by atoms with Crippen molar-refractivity contribution in [1.82, 2.24) is 0 Å². The lowest BCUT2D eigenvalue weighted by molar-refractivity contribution is -0.247. The van der Waals surface area contributed by atoms with Crippen molar-refractivity contribution < 1.29 is 67.0 Å². The van der Waals surface area contributed by atoms with Crippen molar-refractivity contribution >= 4 is 6.16 Å². The van der Waals surface area contributed by atoms with Gasteiger partial charge in [0.05, 0.1) is 0 Å². The fraction of sp³-hybridized carbons (Fsp3) is 0.909. The predicted molar refractivity (Wildman–Crippen MR) is 58.3 cm³/mol. The van der Waals surface area contributed by atoms with Crippen molar-refractivity contribution in [3.05, 3.63) is 0 Å². The topological polar surface area (TPSA) is 35.5 Å².